The number of aromatic nitrogens is 3. The number of fused-ring (bicyclic) bond motifs is 4. The van der Waals surface area contributed by atoms with Gasteiger partial charge in [-0.2, -0.15) is 9.97 Å². The quantitative estimate of drug-likeness (QED) is 0.358. The summed E-state index contributed by atoms with van der Waals surface area (Å²) in [5.74, 6) is 0.921. The molecule has 3 aliphatic rings. The highest BCUT2D eigenvalue weighted by molar-refractivity contribution is 6.03. The highest BCUT2D eigenvalue weighted by Gasteiger charge is 2.32. The van der Waals surface area contributed by atoms with Crippen molar-refractivity contribution in [2.45, 2.75) is 37.8 Å². The minimum absolute atomic E-state index is 0.228. The first-order valence-corrected chi connectivity index (χ1v) is 14.4. The van der Waals surface area contributed by atoms with Crippen LogP contribution in [0.3, 0.4) is 0 Å². The topological polar surface area (TPSA) is 66.4 Å². The Bertz CT molecular complexity index is 1590. The number of halogens is 1. The molecule has 3 fully saturated rings. The zero-order valence-corrected chi connectivity index (χ0v) is 22.9. The molecule has 206 valence electrons. The van der Waals surface area contributed by atoms with Crippen molar-refractivity contribution in [3.8, 4) is 17.3 Å². The van der Waals surface area contributed by atoms with Gasteiger partial charge in [-0.25, -0.2) is 4.39 Å². The predicted octanol–water partition coefficient (Wildman–Crippen LogP) is 5.29. The maximum atomic E-state index is 16.6. The second-order valence-corrected chi connectivity index (χ2v) is 11.5. The molecule has 2 aromatic heterocycles. The van der Waals surface area contributed by atoms with E-state index in [4.69, 9.17) is 14.7 Å². The lowest BCUT2D eigenvalue weighted by Gasteiger charge is -2.28. The molecule has 0 aliphatic carbocycles. The van der Waals surface area contributed by atoms with E-state index in [1.165, 1.54) is 6.42 Å². The van der Waals surface area contributed by atoms with Crippen molar-refractivity contribution in [3.63, 3.8) is 0 Å². The van der Waals surface area contributed by atoms with E-state index >= 15 is 4.39 Å². The van der Waals surface area contributed by atoms with Crippen molar-refractivity contribution in [1.29, 1.82) is 0 Å². The average molecular weight is 539 g/mol. The first kappa shape index (κ1) is 25.4. The molecule has 3 atom stereocenters. The molecule has 2 bridgehead atoms. The summed E-state index contributed by atoms with van der Waals surface area (Å²) in [6, 6.07) is 12.8. The van der Waals surface area contributed by atoms with Crippen LogP contribution in [0, 0.1) is 11.7 Å². The summed E-state index contributed by atoms with van der Waals surface area (Å²) in [6.07, 6.45) is 8.01. The van der Waals surface area contributed by atoms with Gasteiger partial charge in [0.15, 0.2) is 5.82 Å². The number of nitrogens with zero attached hydrogens (tertiary/aromatic N) is 5. The number of pyridine rings is 1. The van der Waals surface area contributed by atoms with Crippen molar-refractivity contribution < 1.29 is 9.13 Å². The van der Waals surface area contributed by atoms with Crippen LogP contribution in [0.4, 0.5) is 10.2 Å². The zero-order valence-electron chi connectivity index (χ0n) is 22.9. The third-order valence-electron chi connectivity index (χ3n) is 8.99. The van der Waals surface area contributed by atoms with Crippen LogP contribution in [0.1, 0.15) is 31.2 Å². The number of likely N-dealkylation sites (N-methyl/N-ethyl adjacent to an activating group) is 1. The van der Waals surface area contributed by atoms with Crippen LogP contribution in [0.5, 0.6) is 6.01 Å². The van der Waals surface area contributed by atoms with Gasteiger partial charge in [-0.3, -0.25) is 4.98 Å². The van der Waals surface area contributed by atoms with E-state index < -0.39 is 5.82 Å². The molecule has 7 nitrogen and oxygen atoms in total. The SMILES string of the molecule is C=Cc1cccc2cccc(-c3ncc4c(N5CCC6CNC(C6)C5)nc(OC[C@@H]5CCCN5C)nc4c3F)c12. The summed E-state index contributed by atoms with van der Waals surface area (Å²) in [5, 5.41) is 6.19. The van der Waals surface area contributed by atoms with Crippen LogP contribution in [0.15, 0.2) is 49.2 Å². The maximum absolute atomic E-state index is 16.6. The Morgan fingerprint density at radius 2 is 2.02 bits per heavy atom. The summed E-state index contributed by atoms with van der Waals surface area (Å²) in [6.45, 7) is 8.29. The van der Waals surface area contributed by atoms with Crippen LogP contribution in [0.2, 0.25) is 0 Å². The van der Waals surface area contributed by atoms with Gasteiger partial charge in [-0.05, 0) is 68.1 Å². The van der Waals surface area contributed by atoms with Crippen LogP contribution in [0.25, 0.3) is 39.0 Å². The number of nitrogens with one attached hydrogen (secondary N) is 1. The Morgan fingerprint density at radius 3 is 2.85 bits per heavy atom. The molecule has 2 unspecified atom stereocenters. The van der Waals surface area contributed by atoms with Gasteiger partial charge < -0.3 is 19.9 Å². The van der Waals surface area contributed by atoms with Crippen molar-refractivity contribution in [2.75, 3.05) is 44.7 Å². The Morgan fingerprint density at radius 1 is 1.15 bits per heavy atom. The molecule has 0 saturated carbocycles. The Hall–Kier alpha value is -3.62. The fourth-order valence-corrected chi connectivity index (χ4v) is 6.76. The third-order valence-corrected chi connectivity index (χ3v) is 8.99. The summed E-state index contributed by atoms with van der Waals surface area (Å²) in [7, 11) is 2.12. The fourth-order valence-electron chi connectivity index (χ4n) is 6.76. The largest absolute Gasteiger partial charge is 0.462 e. The molecule has 5 heterocycles. The first-order chi connectivity index (χ1) is 19.6. The van der Waals surface area contributed by atoms with Crippen molar-refractivity contribution in [2.24, 2.45) is 5.92 Å². The van der Waals surface area contributed by atoms with E-state index in [0.717, 1.165) is 67.3 Å². The highest BCUT2D eigenvalue weighted by Crippen LogP contribution is 2.37. The number of ether oxygens (including phenoxy) is 1. The van der Waals surface area contributed by atoms with E-state index in [1.807, 2.05) is 36.4 Å². The number of rotatable bonds is 6. The van der Waals surface area contributed by atoms with Crippen LogP contribution >= 0.6 is 0 Å². The molecule has 40 heavy (non-hydrogen) atoms. The number of hydrogen-bond donors (Lipinski definition) is 1. The molecular weight excluding hydrogens is 503 g/mol. The van der Waals surface area contributed by atoms with Crippen molar-refractivity contribution >= 4 is 33.6 Å². The number of benzene rings is 2. The Balaban J connectivity index is 1.36. The molecule has 3 aliphatic heterocycles. The zero-order chi connectivity index (χ0) is 27.2. The molecule has 4 aromatic rings. The molecule has 7 rings (SSSR count). The minimum Gasteiger partial charge on any atom is -0.462 e. The lowest BCUT2D eigenvalue weighted by atomic mass is 9.96. The molecule has 0 spiro atoms. The van der Waals surface area contributed by atoms with E-state index in [0.29, 0.717) is 35.8 Å². The minimum atomic E-state index is -0.454. The second-order valence-electron chi connectivity index (χ2n) is 11.5. The monoisotopic (exact) mass is 538 g/mol. The summed E-state index contributed by atoms with van der Waals surface area (Å²) in [5.41, 5.74) is 2.18. The standard InChI is InChI=1S/C32H35FN6O/c1-3-21-7-4-8-22-9-5-11-25(27(21)22)29-28(33)30-26(17-35-29)31(39-14-12-20-15-23(18-39)34-16-20)37-32(36-30)40-19-24-10-6-13-38(24)2/h3-5,7-9,11,17,20,23-24,34H,1,6,10,12-16,18-19H2,2H3/t20?,23?,24-/m0/s1. The molecule has 0 amide bonds. The van der Waals surface area contributed by atoms with Crippen molar-refractivity contribution in [1.82, 2.24) is 25.2 Å². The van der Waals surface area contributed by atoms with Crippen LogP contribution < -0.4 is 15.0 Å². The molecular formula is C32H35FN6O. The van der Waals surface area contributed by atoms with E-state index in [9.17, 15) is 0 Å². The van der Waals surface area contributed by atoms with E-state index in [1.54, 1.807) is 12.3 Å². The summed E-state index contributed by atoms with van der Waals surface area (Å²) < 4.78 is 22.8. The third kappa shape index (κ3) is 4.49. The average Bonchev–Trinajstić information content (AvgIpc) is 3.54. The van der Waals surface area contributed by atoms with Gasteiger partial charge in [0, 0.05) is 36.9 Å². The van der Waals surface area contributed by atoms with E-state index in [2.05, 4.69) is 33.7 Å². The smallest absolute Gasteiger partial charge is 0.319 e. The normalized spacial score (nSPS) is 23.1. The lowest BCUT2D eigenvalue weighted by Crippen LogP contribution is -2.39. The maximum Gasteiger partial charge on any atom is 0.319 e. The summed E-state index contributed by atoms with van der Waals surface area (Å²) in [4.78, 5) is 18.8. The molecule has 0 radical (unpaired) electrons. The Kier molecular flexibility index (Phi) is 6.60. The van der Waals surface area contributed by atoms with Crippen LogP contribution in [-0.4, -0.2) is 71.8 Å². The van der Waals surface area contributed by atoms with Gasteiger partial charge >= 0.3 is 6.01 Å². The second kappa shape index (κ2) is 10.4. The first-order valence-electron chi connectivity index (χ1n) is 14.4. The highest BCUT2D eigenvalue weighted by atomic mass is 19.1. The molecule has 1 N–H and O–H groups in total. The summed E-state index contributed by atoms with van der Waals surface area (Å²) >= 11 is 0. The van der Waals surface area contributed by atoms with Crippen molar-refractivity contribution in [3.05, 3.63) is 60.6 Å². The molecule has 8 heteroatoms. The number of hydrogen-bond acceptors (Lipinski definition) is 7. The van der Waals surface area contributed by atoms with Gasteiger partial charge in [0.2, 0.25) is 0 Å². The van der Waals surface area contributed by atoms with Gasteiger partial charge in [-0.15, -0.1) is 0 Å². The van der Waals surface area contributed by atoms with Crippen LogP contribution in [-0.2, 0) is 0 Å². The fraction of sp³-hybridized carbons (Fsp3) is 0.406. The Labute approximate surface area is 234 Å². The number of likely N-dealkylation sites (tertiary alicyclic amines) is 1. The molecule has 2 aromatic carbocycles. The number of anilines is 1. The lowest BCUT2D eigenvalue weighted by molar-refractivity contribution is 0.188. The molecule has 3 saturated heterocycles. The van der Waals surface area contributed by atoms with E-state index in [-0.39, 0.29) is 17.2 Å². The van der Waals surface area contributed by atoms with Gasteiger partial charge in [-0.1, -0.05) is 49.1 Å². The predicted molar refractivity (Wildman–Crippen MR) is 158 cm³/mol. The van der Waals surface area contributed by atoms with Gasteiger partial charge in [0.1, 0.15) is 23.6 Å². The van der Waals surface area contributed by atoms with Gasteiger partial charge in [0.05, 0.1) is 5.39 Å². The van der Waals surface area contributed by atoms with Gasteiger partial charge in [0.25, 0.3) is 0 Å².